The summed E-state index contributed by atoms with van der Waals surface area (Å²) in [4.78, 5) is 28.3. The number of aromatic nitrogens is 3. The van der Waals surface area contributed by atoms with Gasteiger partial charge in [0.05, 0.1) is 20.0 Å². The summed E-state index contributed by atoms with van der Waals surface area (Å²) in [5.74, 6) is -0.810. The van der Waals surface area contributed by atoms with Crippen LogP contribution in [0.25, 0.3) is 10.9 Å². The minimum Gasteiger partial charge on any atom is -0.467 e. The Kier molecular flexibility index (Phi) is 5.04. The number of esters is 1. The SMILES string of the molecule is COC(=O)[C@H](Cn1ccnc1)NC(=O)Cn1ccc2ccc(Cl)cc21. The van der Waals surface area contributed by atoms with Crippen molar-refractivity contribution in [3.63, 3.8) is 0 Å². The van der Waals surface area contributed by atoms with E-state index in [2.05, 4.69) is 10.3 Å². The van der Waals surface area contributed by atoms with E-state index in [0.717, 1.165) is 10.9 Å². The summed E-state index contributed by atoms with van der Waals surface area (Å²) < 4.78 is 8.25. The van der Waals surface area contributed by atoms with Crippen molar-refractivity contribution in [2.45, 2.75) is 19.1 Å². The van der Waals surface area contributed by atoms with Crippen LogP contribution in [0, 0.1) is 0 Å². The zero-order valence-corrected chi connectivity index (χ0v) is 14.3. The zero-order chi connectivity index (χ0) is 17.8. The number of halogens is 1. The summed E-state index contributed by atoms with van der Waals surface area (Å²) in [6.45, 7) is 0.317. The molecule has 0 aliphatic rings. The van der Waals surface area contributed by atoms with Gasteiger partial charge in [0.2, 0.25) is 5.91 Å². The highest BCUT2D eigenvalue weighted by molar-refractivity contribution is 6.31. The molecule has 0 aliphatic carbocycles. The number of ether oxygens (including phenoxy) is 1. The van der Waals surface area contributed by atoms with Crippen LogP contribution in [0.1, 0.15) is 0 Å². The van der Waals surface area contributed by atoms with Crippen LogP contribution in [-0.2, 0) is 27.4 Å². The van der Waals surface area contributed by atoms with E-state index < -0.39 is 12.0 Å². The lowest BCUT2D eigenvalue weighted by Crippen LogP contribution is -2.45. The summed E-state index contributed by atoms with van der Waals surface area (Å²) in [6, 6.07) is 6.60. The number of carbonyl (C=O) groups is 2. The second-order valence-electron chi connectivity index (χ2n) is 5.55. The topological polar surface area (TPSA) is 78.2 Å². The summed E-state index contributed by atoms with van der Waals surface area (Å²) in [5, 5.41) is 4.29. The molecule has 1 aromatic carbocycles. The van der Waals surface area contributed by atoms with Gasteiger partial charge in [-0.2, -0.15) is 0 Å². The van der Waals surface area contributed by atoms with Crippen molar-refractivity contribution >= 4 is 34.4 Å². The number of nitrogens with zero attached hydrogens (tertiary/aromatic N) is 3. The molecule has 0 radical (unpaired) electrons. The molecule has 2 heterocycles. The number of nitrogens with one attached hydrogen (secondary N) is 1. The number of amides is 1. The number of rotatable bonds is 6. The van der Waals surface area contributed by atoms with Crippen molar-refractivity contribution in [2.75, 3.05) is 7.11 Å². The zero-order valence-electron chi connectivity index (χ0n) is 13.6. The highest BCUT2D eigenvalue weighted by atomic mass is 35.5. The highest BCUT2D eigenvalue weighted by Gasteiger charge is 2.22. The Morgan fingerprint density at radius 2 is 2.16 bits per heavy atom. The Balaban J connectivity index is 1.72. The standard InChI is InChI=1S/C17H17ClN4O3/c1-25-17(24)14(9-21-7-5-19-11-21)20-16(23)10-22-6-4-12-2-3-13(18)8-15(12)22/h2-8,11,14H,9-10H2,1H3,(H,20,23)/t14-/m0/s1. The first-order chi connectivity index (χ1) is 12.1. The van der Waals surface area contributed by atoms with Crippen molar-refractivity contribution < 1.29 is 14.3 Å². The van der Waals surface area contributed by atoms with Crippen molar-refractivity contribution in [1.29, 1.82) is 0 Å². The number of fused-ring (bicyclic) bond motifs is 1. The molecule has 0 fully saturated rings. The molecule has 8 heteroatoms. The molecule has 1 N–H and O–H groups in total. The van der Waals surface area contributed by atoms with Gasteiger partial charge in [-0.1, -0.05) is 17.7 Å². The van der Waals surface area contributed by atoms with Gasteiger partial charge in [0.25, 0.3) is 0 Å². The van der Waals surface area contributed by atoms with Gasteiger partial charge in [0.15, 0.2) is 0 Å². The Labute approximate surface area is 149 Å². The Hall–Kier alpha value is -2.80. The predicted molar refractivity (Wildman–Crippen MR) is 93.1 cm³/mol. The molecule has 2 aromatic heterocycles. The summed E-state index contributed by atoms with van der Waals surface area (Å²) in [7, 11) is 1.29. The number of carbonyl (C=O) groups excluding carboxylic acids is 2. The van der Waals surface area contributed by atoms with Gasteiger partial charge < -0.3 is 19.2 Å². The van der Waals surface area contributed by atoms with E-state index in [-0.39, 0.29) is 19.0 Å². The lowest BCUT2D eigenvalue weighted by Gasteiger charge is -2.17. The fourth-order valence-corrected chi connectivity index (χ4v) is 2.78. The fourth-order valence-electron chi connectivity index (χ4n) is 2.62. The molecule has 3 rings (SSSR count). The maximum absolute atomic E-state index is 12.4. The first-order valence-corrected chi connectivity index (χ1v) is 8.02. The molecule has 0 saturated heterocycles. The molecule has 1 amide bonds. The quantitative estimate of drug-likeness (QED) is 0.680. The molecular weight excluding hydrogens is 344 g/mol. The number of imidazole rings is 1. The summed E-state index contributed by atoms with van der Waals surface area (Å²) >= 11 is 6.02. The van der Waals surface area contributed by atoms with Gasteiger partial charge >= 0.3 is 5.97 Å². The lowest BCUT2D eigenvalue weighted by molar-refractivity contribution is -0.145. The Morgan fingerprint density at radius 3 is 2.88 bits per heavy atom. The second kappa shape index (κ2) is 7.40. The first kappa shape index (κ1) is 17.0. The highest BCUT2D eigenvalue weighted by Crippen LogP contribution is 2.20. The van der Waals surface area contributed by atoms with Gasteiger partial charge in [0, 0.05) is 29.1 Å². The maximum atomic E-state index is 12.4. The molecule has 7 nitrogen and oxygen atoms in total. The van der Waals surface area contributed by atoms with E-state index in [4.69, 9.17) is 16.3 Å². The molecule has 130 valence electrons. The van der Waals surface area contributed by atoms with Crippen LogP contribution in [0.5, 0.6) is 0 Å². The summed E-state index contributed by atoms with van der Waals surface area (Å²) in [6.07, 6.45) is 6.70. The third-order valence-electron chi connectivity index (χ3n) is 3.82. The van der Waals surface area contributed by atoms with E-state index >= 15 is 0 Å². The Bertz CT molecular complexity index is 889. The third kappa shape index (κ3) is 4.00. The fraction of sp³-hybridized carbons (Fsp3) is 0.235. The van der Waals surface area contributed by atoms with Crippen LogP contribution in [0.15, 0.2) is 49.2 Å². The molecule has 0 aliphatic heterocycles. The van der Waals surface area contributed by atoms with Crippen LogP contribution in [0.2, 0.25) is 5.02 Å². The van der Waals surface area contributed by atoms with E-state index in [1.54, 1.807) is 40.0 Å². The molecular formula is C17H17ClN4O3. The molecule has 0 bridgehead atoms. The number of methoxy groups -OCH3 is 1. The molecule has 25 heavy (non-hydrogen) atoms. The van der Waals surface area contributed by atoms with Crippen molar-refractivity contribution in [2.24, 2.45) is 0 Å². The van der Waals surface area contributed by atoms with Crippen molar-refractivity contribution in [3.8, 4) is 0 Å². The third-order valence-corrected chi connectivity index (χ3v) is 4.06. The minimum atomic E-state index is -0.794. The van der Waals surface area contributed by atoms with Gasteiger partial charge in [-0.05, 0) is 23.6 Å². The first-order valence-electron chi connectivity index (χ1n) is 7.64. The average Bonchev–Trinajstić information content (AvgIpc) is 3.24. The van der Waals surface area contributed by atoms with Crippen LogP contribution >= 0.6 is 11.6 Å². The Morgan fingerprint density at radius 1 is 1.32 bits per heavy atom. The molecule has 3 aromatic rings. The van der Waals surface area contributed by atoms with Crippen molar-refractivity contribution in [3.05, 3.63) is 54.2 Å². The van der Waals surface area contributed by atoms with Crippen LogP contribution < -0.4 is 5.32 Å². The van der Waals surface area contributed by atoms with Crippen LogP contribution in [-0.4, -0.2) is 39.1 Å². The van der Waals surface area contributed by atoms with Crippen molar-refractivity contribution in [1.82, 2.24) is 19.4 Å². The minimum absolute atomic E-state index is 0.0707. The number of hydrogen-bond donors (Lipinski definition) is 1. The van der Waals surface area contributed by atoms with Gasteiger partial charge in [-0.15, -0.1) is 0 Å². The molecule has 0 saturated carbocycles. The smallest absolute Gasteiger partial charge is 0.330 e. The number of benzene rings is 1. The van der Waals surface area contributed by atoms with Crippen LogP contribution in [0.4, 0.5) is 0 Å². The maximum Gasteiger partial charge on any atom is 0.330 e. The molecule has 0 unspecified atom stereocenters. The summed E-state index contributed by atoms with van der Waals surface area (Å²) in [5.41, 5.74) is 0.854. The largest absolute Gasteiger partial charge is 0.467 e. The van der Waals surface area contributed by atoms with E-state index in [0.29, 0.717) is 5.02 Å². The van der Waals surface area contributed by atoms with Gasteiger partial charge in [-0.3, -0.25) is 4.79 Å². The van der Waals surface area contributed by atoms with E-state index in [1.165, 1.54) is 7.11 Å². The van der Waals surface area contributed by atoms with Crippen LogP contribution in [0.3, 0.4) is 0 Å². The number of hydrogen-bond acceptors (Lipinski definition) is 4. The molecule has 1 atom stereocenters. The van der Waals surface area contributed by atoms with Gasteiger partial charge in [0.1, 0.15) is 12.6 Å². The predicted octanol–water partition coefficient (Wildman–Crippen LogP) is 1.85. The average molecular weight is 361 g/mol. The second-order valence-corrected chi connectivity index (χ2v) is 5.99. The van der Waals surface area contributed by atoms with Gasteiger partial charge in [-0.25, -0.2) is 9.78 Å². The monoisotopic (exact) mass is 360 g/mol. The van der Waals surface area contributed by atoms with E-state index in [1.807, 2.05) is 18.3 Å². The van der Waals surface area contributed by atoms with E-state index in [9.17, 15) is 9.59 Å². The lowest BCUT2D eigenvalue weighted by atomic mass is 10.2. The molecule has 0 spiro atoms. The normalized spacial score (nSPS) is 12.1.